The Kier molecular flexibility index (Phi) is 1.78. The van der Waals surface area contributed by atoms with Gasteiger partial charge in [0.05, 0.1) is 4.92 Å². The Labute approximate surface area is 79.3 Å². The van der Waals surface area contributed by atoms with Gasteiger partial charge in [-0.25, -0.2) is 4.98 Å². The van der Waals surface area contributed by atoms with Crippen LogP contribution in [0, 0.1) is 10.1 Å². The van der Waals surface area contributed by atoms with Crippen molar-refractivity contribution in [1.82, 2.24) is 4.98 Å². The van der Waals surface area contributed by atoms with Gasteiger partial charge < -0.3 is 5.73 Å². The molecule has 1 aromatic heterocycles. The lowest BCUT2D eigenvalue weighted by molar-refractivity contribution is -0.384. The van der Waals surface area contributed by atoms with E-state index in [1.165, 1.54) is 18.3 Å². The smallest absolute Gasteiger partial charge is 0.270 e. The molecule has 14 heavy (non-hydrogen) atoms. The maximum Gasteiger partial charge on any atom is 0.270 e. The molecule has 1 aromatic carbocycles. The Hall–Kier alpha value is -2.17. The van der Waals surface area contributed by atoms with Crippen LogP contribution in [-0.2, 0) is 0 Å². The van der Waals surface area contributed by atoms with Crippen LogP contribution >= 0.6 is 0 Å². The molecule has 0 atom stereocenters. The fraction of sp³-hybridized carbons (Fsp3) is 0. The molecule has 0 spiro atoms. The molecular weight excluding hydrogens is 182 g/mol. The number of nitrogen functional groups attached to an aromatic ring is 1. The second kappa shape index (κ2) is 2.95. The van der Waals surface area contributed by atoms with Gasteiger partial charge in [0.2, 0.25) is 0 Å². The topological polar surface area (TPSA) is 82.0 Å². The number of hydrogen-bond acceptors (Lipinski definition) is 4. The predicted molar refractivity (Wildman–Crippen MR) is 52.8 cm³/mol. The normalized spacial score (nSPS) is 10.3. The van der Waals surface area contributed by atoms with Crippen LogP contribution in [0.5, 0.6) is 0 Å². The summed E-state index contributed by atoms with van der Waals surface area (Å²) in [4.78, 5) is 13.9. The van der Waals surface area contributed by atoms with E-state index in [-0.39, 0.29) is 5.69 Å². The highest BCUT2D eigenvalue weighted by Crippen LogP contribution is 2.20. The molecule has 5 heteroatoms. The first-order valence-corrected chi connectivity index (χ1v) is 3.96. The molecule has 2 rings (SSSR count). The average molecular weight is 189 g/mol. The Morgan fingerprint density at radius 3 is 2.79 bits per heavy atom. The number of benzene rings is 1. The number of nitro benzene ring substituents is 1. The maximum absolute atomic E-state index is 10.5. The van der Waals surface area contributed by atoms with E-state index in [4.69, 9.17) is 5.73 Å². The van der Waals surface area contributed by atoms with E-state index in [1.54, 1.807) is 12.1 Å². The fourth-order valence-corrected chi connectivity index (χ4v) is 1.26. The minimum absolute atomic E-state index is 0.0593. The van der Waals surface area contributed by atoms with Crippen molar-refractivity contribution in [3.05, 3.63) is 40.6 Å². The summed E-state index contributed by atoms with van der Waals surface area (Å²) < 4.78 is 0. The number of fused-ring (bicyclic) bond motifs is 1. The number of non-ortho nitro benzene ring substituents is 1. The largest absolute Gasteiger partial charge is 0.384 e. The standard InChI is InChI=1S/C9H7N3O2/c10-9-4-6-1-2-8(12(13)14)3-7(6)5-11-9/h1-5H,(H2,10,11). The van der Waals surface area contributed by atoms with Crippen LogP contribution in [-0.4, -0.2) is 9.91 Å². The summed E-state index contributed by atoms with van der Waals surface area (Å²) in [5, 5.41) is 12.0. The third kappa shape index (κ3) is 1.35. The van der Waals surface area contributed by atoms with Crippen LogP contribution in [0.15, 0.2) is 30.5 Å². The molecule has 0 aliphatic rings. The van der Waals surface area contributed by atoms with Gasteiger partial charge in [0.1, 0.15) is 5.82 Å². The van der Waals surface area contributed by atoms with Crippen molar-refractivity contribution in [1.29, 1.82) is 0 Å². The van der Waals surface area contributed by atoms with Gasteiger partial charge in [-0.3, -0.25) is 10.1 Å². The molecule has 0 amide bonds. The molecule has 2 N–H and O–H groups in total. The number of nitrogens with two attached hydrogens (primary N) is 1. The Balaban J connectivity index is 2.67. The molecule has 0 fully saturated rings. The quantitative estimate of drug-likeness (QED) is 0.547. The van der Waals surface area contributed by atoms with Gasteiger partial charge in [0.25, 0.3) is 5.69 Å². The molecule has 70 valence electrons. The molecule has 0 aliphatic carbocycles. The average Bonchev–Trinajstić information content (AvgIpc) is 2.16. The minimum atomic E-state index is -0.435. The van der Waals surface area contributed by atoms with E-state index in [0.29, 0.717) is 11.2 Å². The molecule has 0 bridgehead atoms. The molecule has 1 heterocycles. The zero-order valence-electron chi connectivity index (χ0n) is 7.18. The summed E-state index contributed by atoms with van der Waals surface area (Å²) >= 11 is 0. The highest BCUT2D eigenvalue weighted by Gasteiger charge is 2.05. The number of nitro groups is 1. The van der Waals surface area contributed by atoms with Crippen LogP contribution in [0.25, 0.3) is 10.8 Å². The Bertz CT molecular complexity index is 510. The summed E-state index contributed by atoms with van der Waals surface area (Å²) in [5.74, 6) is 0.409. The third-order valence-electron chi connectivity index (χ3n) is 1.94. The number of rotatable bonds is 1. The summed E-state index contributed by atoms with van der Waals surface area (Å²) in [6, 6.07) is 6.26. The van der Waals surface area contributed by atoms with Crippen molar-refractivity contribution < 1.29 is 4.92 Å². The first-order valence-electron chi connectivity index (χ1n) is 3.96. The van der Waals surface area contributed by atoms with Crippen LogP contribution < -0.4 is 5.73 Å². The molecule has 0 saturated heterocycles. The van der Waals surface area contributed by atoms with Crippen LogP contribution in [0.3, 0.4) is 0 Å². The summed E-state index contributed by atoms with van der Waals surface area (Å²) in [6.45, 7) is 0. The molecular formula is C9H7N3O2. The van der Waals surface area contributed by atoms with Gasteiger partial charge in [-0.1, -0.05) is 0 Å². The number of anilines is 1. The number of hydrogen-bond donors (Lipinski definition) is 1. The summed E-state index contributed by atoms with van der Waals surface area (Å²) in [7, 11) is 0. The van der Waals surface area contributed by atoms with E-state index in [9.17, 15) is 10.1 Å². The molecule has 2 aromatic rings. The van der Waals surface area contributed by atoms with Gasteiger partial charge in [-0.05, 0) is 17.5 Å². The van der Waals surface area contributed by atoms with Crippen molar-refractivity contribution >= 4 is 22.3 Å². The molecule has 0 radical (unpaired) electrons. The lowest BCUT2D eigenvalue weighted by Gasteiger charge is -1.98. The van der Waals surface area contributed by atoms with Crippen LogP contribution in [0.4, 0.5) is 11.5 Å². The summed E-state index contributed by atoms with van der Waals surface area (Å²) in [5.41, 5.74) is 5.54. The monoisotopic (exact) mass is 189 g/mol. The zero-order chi connectivity index (χ0) is 10.1. The van der Waals surface area contributed by atoms with E-state index < -0.39 is 4.92 Å². The van der Waals surface area contributed by atoms with E-state index in [0.717, 1.165) is 5.39 Å². The van der Waals surface area contributed by atoms with E-state index in [1.807, 2.05) is 0 Å². The van der Waals surface area contributed by atoms with E-state index >= 15 is 0 Å². The second-order valence-corrected chi connectivity index (χ2v) is 2.90. The first-order chi connectivity index (χ1) is 6.66. The SMILES string of the molecule is Nc1cc2ccc([N+](=O)[O-])cc2cn1. The predicted octanol–water partition coefficient (Wildman–Crippen LogP) is 1.73. The lowest BCUT2D eigenvalue weighted by Crippen LogP contribution is -1.90. The van der Waals surface area contributed by atoms with Crippen molar-refractivity contribution in [2.75, 3.05) is 5.73 Å². The summed E-state index contributed by atoms with van der Waals surface area (Å²) in [6.07, 6.45) is 1.53. The van der Waals surface area contributed by atoms with Crippen molar-refractivity contribution in [3.63, 3.8) is 0 Å². The Morgan fingerprint density at radius 2 is 2.07 bits per heavy atom. The number of pyridine rings is 1. The van der Waals surface area contributed by atoms with Crippen LogP contribution in [0.1, 0.15) is 0 Å². The van der Waals surface area contributed by atoms with E-state index in [2.05, 4.69) is 4.98 Å². The fourth-order valence-electron chi connectivity index (χ4n) is 1.26. The van der Waals surface area contributed by atoms with Crippen molar-refractivity contribution in [2.24, 2.45) is 0 Å². The van der Waals surface area contributed by atoms with Gasteiger partial charge >= 0.3 is 0 Å². The lowest BCUT2D eigenvalue weighted by atomic mass is 10.1. The maximum atomic E-state index is 10.5. The van der Waals surface area contributed by atoms with Gasteiger partial charge in [0.15, 0.2) is 0 Å². The molecule has 0 aliphatic heterocycles. The zero-order valence-corrected chi connectivity index (χ0v) is 7.18. The van der Waals surface area contributed by atoms with Crippen molar-refractivity contribution in [2.45, 2.75) is 0 Å². The van der Waals surface area contributed by atoms with Crippen LogP contribution in [0.2, 0.25) is 0 Å². The van der Waals surface area contributed by atoms with Crippen molar-refractivity contribution in [3.8, 4) is 0 Å². The molecule has 5 nitrogen and oxygen atoms in total. The number of nitrogens with zero attached hydrogens (tertiary/aromatic N) is 2. The first kappa shape index (κ1) is 8.43. The number of aromatic nitrogens is 1. The molecule has 0 saturated carbocycles. The van der Waals surface area contributed by atoms with Gasteiger partial charge in [-0.15, -0.1) is 0 Å². The Morgan fingerprint density at radius 1 is 1.29 bits per heavy atom. The molecule has 0 unspecified atom stereocenters. The highest BCUT2D eigenvalue weighted by atomic mass is 16.6. The van der Waals surface area contributed by atoms with Gasteiger partial charge in [-0.2, -0.15) is 0 Å². The second-order valence-electron chi connectivity index (χ2n) is 2.90. The third-order valence-corrected chi connectivity index (χ3v) is 1.94. The minimum Gasteiger partial charge on any atom is -0.384 e. The highest BCUT2D eigenvalue weighted by molar-refractivity contribution is 5.85. The van der Waals surface area contributed by atoms with Gasteiger partial charge in [0, 0.05) is 23.7 Å².